The number of carbonyl (C=O) groups is 1. The Morgan fingerprint density at radius 3 is 2.28 bits per heavy atom. The van der Waals surface area contributed by atoms with Gasteiger partial charge in [0, 0.05) is 27.5 Å². The lowest BCUT2D eigenvalue weighted by Gasteiger charge is -2.10. The number of carbonyl (C=O) groups excluding carboxylic acids is 1. The van der Waals surface area contributed by atoms with Crippen LogP contribution in [0.2, 0.25) is 0 Å². The van der Waals surface area contributed by atoms with Crippen LogP contribution >= 0.6 is 15.9 Å². The predicted octanol–water partition coefficient (Wildman–Crippen LogP) is 5.70. The number of hydrogen-bond acceptors (Lipinski definition) is 5. The van der Waals surface area contributed by atoms with E-state index in [0.717, 1.165) is 21.4 Å². The molecule has 0 aliphatic heterocycles. The molecule has 0 saturated carbocycles. The van der Waals surface area contributed by atoms with Gasteiger partial charge in [-0.2, -0.15) is 10.1 Å². The van der Waals surface area contributed by atoms with Crippen LogP contribution in [0.5, 0.6) is 11.6 Å². The number of hydrogen-bond donors (Lipinski definition) is 1. The van der Waals surface area contributed by atoms with E-state index >= 15 is 0 Å². The number of nitrogens with zero attached hydrogens (tertiary/aromatic N) is 4. The monoisotopic (exact) mass is 491 g/mol. The second kappa shape index (κ2) is 8.92. The van der Waals surface area contributed by atoms with Crippen molar-refractivity contribution in [2.24, 2.45) is 0 Å². The zero-order chi connectivity index (χ0) is 22.8. The van der Waals surface area contributed by atoms with Gasteiger partial charge < -0.3 is 10.1 Å². The molecule has 1 amide bonds. The van der Waals surface area contributed by atoms with Crippen molar-refractivity contribution in [2.75, 3.05) is 5.32 Å². The van der Waals surface area contributed by atoms with E-state index < -0.39 is 0 Å². The van der Waals surface area contributed by atoms with E-state index in [4.69, 9.17) is 4.74 Å². The topological polar surface area (TPSA) is 81.9 Å². The fourth-order valence-electron chi connectivity index (χ4n) is 3.16. The normalized spacial score (nSPS) is 10.8. The number of nitrogens with one attached hydrogen (secondary N) is 1. The number of aromatic nitrogens is 4. The lowest BCUT2D eigenvalue weighted by atomic mass is 10.2. The van der Waals surface area contributed by atoms with Gasteiger partial charge in [-0.1, -0.05) is 15.9 Å². The Morgan fingerprint density at radius 2 is 1.66 bits per heavy atom. The summed E-state index contributed by atoms with van der Waals surface area (Å²) in [6, 6.07) is 16.1. The Hall–Kier alpha value is -3.52. The second-order valence-corrected chi connectivity index (χ2v) is 8.32. The highest BCUT2D eigenvalue weighted by Gasteiger charge is 2.13. The number of rotatable bonds is 5. The fourth-order valence-corrected chi connectivity index (χ4v) is 3.43. The highest BCUT2D eigenvalue weighted by Crippen LogP contribution is 2.24. The van der Waals surface area contributed by atoms with Crippen LogP contribution in [-0.4, -0.2) is 25.7 Å². The van der Waals surface area contributed by atoms with Crippen LogP contribution in [0.1, 0.15) is 33.1 Å². The predicted molar refractivity (Wildman–Crippen MR) is 127 cm³/mol. The Bertz CT molecular complexity index is 1280. The van der Waals surface area contributed by atoms with Crippen molar-refractivity contribution in [1.82, 2.24) is 19.7 Å². The molecule has 0 aliphatic carbocycles. The van der Waals surface area contributed by atoms with E-state index in [1.807, 2.05) is 39.8 Å². The summed E-state index contributed by atoms with van der Waals surface area (Å²) in [5, 5.41) is 7.44. The molecule has 0 atom stereocenters. The Kier molecular flexibility index (Phi) is 6.05. The van der Waals surface area contributed by atoms with E-state index in [-0.39, 0.29) is 5.91 Å². The SMILES string of the molecule is Cc1nc(Oc2ccc(NC(=O)c3ccc(Br)cc3)cc2)cc(-n2nc(C)c(C)c2C)n1. The average molecular weight is 492 g/mol. The van der Waals surface area contributed by atoms with Crippen molar-refractivity contribution in [1.29, 1.82) is 0 Å². The third-order valence-corrected chi connectivity index (χ3v) is 5.64. The molecule has 2 aromatic heterocycles. The molecule has 0 aliphatic rings. The molecule has 2 heterocycles. The van der Waals surface area contributed by atoms with Gasteiger partial charge in [0.2, 0.25) is 5.88 Å². The number of amides is 1. The van der Waals surface area contributed by atoms with Gasteiger partial charge >= 0.3 is 0 Å². The minimum atomic E-state index is -0.178. The van der Waals surface area contributed by atoms with Crippen molar-refractivity contribution >= 4 is 27.5 Å². The molecule has 0 bridgehead atoms. The van der Waals surface area contributed by atoms with Gasteiger partial charge in [-0.15, -0.1) is 0 Å². The quantitative estimate of drug-likeness (QED) is 0.386. The third kappa shape index (κ3) is 4.70. The molecule has 0 radical (unpaired) electrons. The van der Waals surface area contributed by atoms with Crippen LogP contribution in [0, 0.1) is 27.7 Å². The van der Waals surface area contributed by atoms with Gasteiger partial charge in [-0.05, 0) is 81.8 Å². The summed E-state index contributed by atoms with van der Waals surface area (Å²) in [5.74, 6) is 2.08. The van der Waals surface area contributed by atoms with E-state index in [1.54, 1.807) is 47.1 Å². The van der Waals surface area contributed by atoms with Gasteiger partial charge in [0.25, 0.3) is 5.91 Å². The summed E-state index contributed by atoms with van der Waals surface area (Å²) in [7, 11) is 0. The van der Waals surface area contributed by atoms with Crippen LogP contribution in [0.3, 0.4) is 0 Å². The van der Waals surface area contributed by atoms with Crippen LogP contribution in [0.15, 0.2) is 59.1 Å². The minimum absolute atomic E-state index is 0.178. The Morgan fingerprint density at radius 1 is 0.969 bits per heavy atom. The summed E-state index contributed by atoms with van der Waals surface area (Å²) in [5.41, 5.74) is 4.36. The Labute approximate surface area is 194 Å². The van der Waals surface area contributed by atoms with Gasteiger partial charge in [0.15, 0.2) is 5.82 Å². The van der Waals surface area contributed by atoms with Crippen LogP contribution < -0.4 is 10.1 Å². The van der Waals surface area contributed by atoms with E-state index in [0.29, 0.717) is 34.5 Å². The van der Waals surface area contributed by atoms with Gasteiger partial charge in [0.1, 0.15) is 11.6 Å². The fraction of sp³-hybridized carbons (Fsp3) is 0.167. The van der Waals surface area contributed by atoms with Crippen molar-refractivity contribution in [2.45, 2.75) is 27.7 Å². The molecule has 162 valence electrons. The largest absolute Gasteiger partial charge is 0.439 e. The molecule has 1 N–H and O–H groups in total. The van der Waals surface area contributed by atoms with Crippen LogP contribution in [0.4, 0.5) is 5.69 Å². The second-order valence-electron chi connectivity index (χ2n) is 7.41. The maximum atomic E-state index is 12.4. The van der Waals surface area contributed by atoms with Crippen molar-refractivity contribution in [3.63, 3.8) is 0 Å². The molecule has 2 aromatic carbocycles. The molecule has 0 spiro atoms. The van der Waals surface area contributed by atoms with E-state index in [1.165, 1.54) is 0 Å². The number of benzene rings is 2. The molecule has 4 rings (SSSR count). The minimum Gasteiger partial charge on any atom is -0.439 e. The molecule has 32 heavy (non-hydrogen) atoms. The maximum absolute atomic E-state index is 12.4. The zero-order valence-corrected chi connectivity index (χ0v) is 19.8. The lowest BCUT2D eigenvalue weighted by molar-refractivity contribution is 0.102. The highest BCUT2D eigenvalue weighted by atomic mass is 79.9. The van der Waals surface area contributed by atoms with Crippen molar-refractivity contribution in [3.05, 3.63) is 87.4 Å². The summed E-state index contributed by atoms with van der Waals surface area (Å²) in [6.45, 7) is 7.84. The summed E-state index contributed by atoms with van der Waals surface area (Å²) in [6.07, 6.45) is 0. The first kappa shape index (κ1) is 21.7. The molecule has 4 aromatic rings. The molecule has 0 saturated heterocycles. The molecule has 0 fully saturated rings. The standard InChI is InChI=1S/C24H22BrN5O2/c1-14-15(2)29-30(16(14)3)22-13-23(27-17(4)26-22)32-21-11-9-20(10-12-21)28-24(31)18-5-7-19(25)8-6-18/h5-13H,1-4H3,(H,28,31). The third-order valence-electron chi connectivity index (χ3n) is 5.11. The first-order chi connectivity index (χ1) is 15.3. The molecule has 8 heteroatoms. The first-order valence-corrected chi connectivity index (χ1v) is 10.8. The summed E-state index contributed by atoms with van der Waals surface area (Å²) < 4.78 is 8.67. The molecular weight excluding hydrogens is 470 g/mol. The molecule has 7 nitrogen and oxygen atoms in total. The number of ether oxygens (including phenoxy) is 1. The number of aryl methyl sites for hydroxylation is 2. The highest BCUT2D eigenvalue weighted by molar-refractivity contribution is 9.10. The zero-order valence-electron chi connectivity index (χ0n) is 18.2. The van der Waals surface area contributed by atoms with Crippen LogP contribution in [-0.2, 0) is 0 Å². The molecular formula is C24H22BrN5O2. The smallest absolute Gasteiger partial charge is 0.255 e. The van der Waals surface area contributed by atoms with Crippen molar-refractivity contribution in [3.8, 4) is 17.4 Å². The summed E-state index contributed by atoms with van der Waals surface area (Å²) in [4.78, 5) is 21.3. The lowest BCUT2D eigenvalue weighted by Crippen LogP contribution is -2.11. The van der Waals surface area contributed by atoms with Gasteiger partial charge in [-0.3, -0.25) is 4.79 Å². The average Bonchev–Trinajstić information content (AvgIpc) is 3.02. The van der Waals surface area contributed by atoms with Crippen LogP contribution in [0.25, 0.3) is 5.82 Å². The first-order valence-electron chi connectivity index (χ1n) is 10.0. The van der Waals surface area contributed by atoms with Gasteiger partial charge in [0.05, 0.1) is 5.69 Å². The maximum Gasteiger partial charge on any atom is 0.255 e. The molecule has 0 unspecified atom stereocenters. The van der Waals surface area contributed by atoms with E-state index in [9.17, 15) is 4.79 Å². The Balaban J connectivity index is 1.50. The van der Waals surface area contributed by atoms with E-state index in [2.05, 4.69) is 36.3 Å². The van der Waals surface area contributed by atoms with Gasteiger partial charge in [-0.25, -0.2) is 9.67 Å². The summed E-state index contributed by atoms with van der Waals surface area (Å²) >= 11 is 3.37. The number of anilines is 1. The van der Waals surface area contributed by atoms with Crippen molar-refractivity contribution < 1.29 is 9.53 Å². The number of halogens is 1.